The summed E-state index contributed by atoms with van der Waals surface area (Å²) in [5.41, 5.74) is 1.18. The topological polar surface area (TPSA) is 62.3 Å². The smallest absolute Gasteiger partial charge is 0.312 e. The monoisotopic (exact) mass is 397 g/mol. The zero-order valence-corrected chi connectivity index (χ0v) is 16.6. The fourth-order valence-corrected chi connectivity index (χ4v) is 6.27. The van der Waals surface area contributed by atoms with Crippen LogP contribution in [0, 0.1) is 5.92 Å². The normalized spacial score (nSPS) is 34.6. The van der Waals surface area contributed by atoms with Gasteiger partial charge < -0.3 is 19.3 Å². The van der Waals surface area contributed by atoms with Gasteiger partial charge in [-0.15, -0.1) is 0 Å². The van der Waals surface area contributed by atoms with Crippen LogP contribution in [0.3, 0.4) is 0 Å². The molecule has 7 nitrogen and oxygen atoms in total. The number of amides is 2. The zero-order chi connectivity index (χ0) is 19.5. The molecule has 0 saturated carbocycles. The predicted molar refractivity (Wildman–Crippen MR) is 105 cm³/mol. The minimum absolute atomic E-state index is 0.145. The molecule has 0 N–H and O–H groups in total. The Balaban J connectivity index is 1.33. The molecular weight excluding hydrogens is 370 g/mol. The molecule has 6 aliphatic heterocycles. The Morgan fingerprint density at radius 2 is 1.66 bits per heavy atom. The first kappa shape index (κ1) is 17.6. The van der Waals surface area contributed by atoms with Gasteiger partial charge in [0.15, 0.2) is 11.5 Å². The number of rotatable bonds is 1. The van der Waals surface area contributed by atoms with Crippen molar-refractivity contribution < 1.29 is 19.1 Å². The lowest BCUT2D eigenvalue weighted by Crippen LogP contribution is -2.61. The molecule has 29 heavy (non-hydrogen) atoms. The number of nitrogens with zero attached hydrogens (tertiary/aromatic N) is 3. The Bertz CT molecular complexity index is 844. The van der Waals surface area contributed by atoms with E-state index in [0.717, 1.165) is 50.3 Å². The minimum atomic E-state index is -0.302. The Kier molecular flexibility index (Phi) is 4.01. The molecule has 0 radical (unpaired) electrons. The standard InChI is InChI=1S/C22H27N3O4/c26-21(24-7-1-2-8-24)22(27)25-12-16(15-3-4-17-18(11-15)29-13-28-17)20-19(25)14-5-9-23(20)10-6-14/h3-4,11,14,16,19-20H,1-2,5-10,12-13H2/t16-,19+,20+/m0/s1. The largest absolute Gasteiger partial charge is 0.454 e. The molecule has 0 spiro atoms. The van der Waals surface area contributed by atoms with Gasteiger partial charge in [-0.3, -0.25) is 14.5 Å². The molecule has 7 rings (SSSR count). The van der Waals surface area contributed by atoms with Crippen LogP contribution in [0.25, 0.3) is 0 Å². The first-order valence-electron chi connectivity index (χ1n) is 10.9. The zero-order valence-electron chi connectivity index (χ0n) is 16.6. The van der Waals surface area contributed by atoms with Crippen molar-refractivity contribution in [2.24, 2.45) is 5.92 Å². The first-order chi connectivity index (χ1) is 14.2. The number of benzene rings is 1. The van der Waals surface area contributed by atoms with Crippen LogP contribution < -0.4 is 9.47 Å². The average Bonchev–Trinajstić information content (AvgIpc) is 3.52. The van der Waals surface area contributed by atoms with Crippen LogP contribution in [0.4, 0.5) is 0 Å². The van der Waals surface area contributed by atoms with E-state index in [1.165, 1.54) is 5.56 Å². The van der Waals surface area contributed by atoms with Crippen LogP contribution in [0.5, 0.6) is 11.5 Å². The van der Waals surface area contributed by atoms with E-state index in [4.69, 9.17) is 9.47 Å². The molecule has 7 heteroatoms. The second-order valence-electron chi connectivity index (χ2n) is 9.03. The molecule has 0 unspecified atom stereocenters. The van der Waals surface area contributed by atoms with Crippen LogP contribution in [0.2, 0.25) is 0 Å². The number of carbonyl (C=O) groups excluding carboxylic acids is 2. The van der Waals surface area contributed by atoms with Crippen molar-refractivity contribution in [2.45, 2.75) is 43.7 Å². The molecule has 154 valence electrons. The third kappa shape index (κ3) is 2.66. The highest BCUT2D eigenvalue weighted by molar-refractivity contribution is 6.35. The highest BCUT2D eigenvalue weighted by Gasteiger charge is 2.55. The molecule has 6 heterocycles. The number of piperidine rings is 3. The molecule has 5 fully saturated rings. The van der Waals surface area contributed by atoms with Gasteiger partial charge in [-0.25, -0.2) is 0 Å². The van der Waals surface area contributed by atoms with Crippen molar-refractivity contribution in [3.05, 3.63) is 23.8 Å². The van der Waals surface area contributed by atoms with Crippen LogP contribution in [0.15, 0.2) is 18.2 Å². The SMILES string of the molecule is O=C(C(=O)N1C[C@@H](c2ccc3c(c2)OCO3)[C@@H]2[C@H]1C1CCN2CC1)N1CCCC1. The Morgan fingerprint density at radius 3 is 2.45 bits per heavy atom. The van der Waals surface area contributed by atoms with Gasteiger partial charge in [0.05, 0.1) is 6.04 Å². The van der Waals surface area contributed by atoms with Crippen molar-refractivity contribution in [3.8, 4) is 11.5 Å². The lowest BCUT2D eigenvalue weighted by Gasteiger charge is -2.51. The summed E-state index contributed by atoms with van der Waals surface area (Å²) in [5, 5.41) is 0. The average molecular weight is 397 g/mol. The number of ether oxygens (including phenoxy) is 2. The van der Waals surface area contributed by atoms with Crippen LogP contribution >= 0.6 is 0 Å². The third-order valence-corrected chi connectivity index (χ3v) is 7.66. The van der Waals surface area contributed by atoms with Crippen molar-refractivity contribution in [2.75, 3.05) is 39.5 Å². The number of hydrogen-bond donors (Lipinski definition) is 0. The van der Waals surface area contributed by atoms with E-state index in [1.54, 1.807) is 4.90 Å². The van der Waals surface area contributed by atoms with Crippen molar-refractivity contribution in [1.82, 2.24) is 14.7 Å². The fraction of sp³-hybridized carbons (Fsp3) is 0.636. The Morgan fingerprint density at radius 1 is 0.897 bits per heavy atom. The van der Waals surface area contributed by atoms with Gasteiger partial charge in [-0.1, -0.05) is 6.07 Å². The van der Waals surface area contributed by atoms with E-state index in [2.05, 4.69) is 17.0 Å². The molecule has 2 bridgehead atoms. The van der Waals surface area contributed by atoms with Crippen LogP contribution in [-0.4, -0.2) is 78.1 Å². The molecule has 3 atom stereocenters. The molecular formula is C22H27N3O4. The number of hydrogen-bond acceptors (Lipinski definition) is 5. The molecule has 0 aliphatic carbocycles. The van der Waals surface area contributed by atoms with Crippen molar-refractivity contribution in [1.29, 1.82) is 0 Å². The maximum atomic E-state index is 13.3. The lowest BCUT2D eigenvalue weighted by atomic mass is 9.75. The summed E-state index contributed by atoms with van der Waals surface area (Å²) >= 11 is 0. The quantitative estimate of drug-likeness (QED) is 0.671. The summed E-state index contributed by atoms with van der Waals surface area (Å²) in [4.78, 5) is 32.4. The van der Waals surface area contributed by atoms with E-state index < -0.39 is 0 Å². The summed E-state index contributed by atoms with van der Waals surface area (Å²) in [7, 11) is 0. The van der Waals surface area contributed by atoms with E-state index >= 15 is 0 Å². The highest BCUT2D eigenvalue weighted by atomic mass is 16.7. The summed E-state index contributed by atoms with van der Waals surface area (Å²) in [6, 6.07) is 6.59. The van der Waals surface area contributed by atoms with Gasteiger partial charge >= 0.3 is 11.8 Å². The second-order valence-corrected chi connectivity index (χ2v) is 9.03. The summed E-state index contributed by atoms with van der Waals surface area (Å²) in [6.45, 7) is 4.49. The Hall–Kier alpha value is -2.28. The maximum absolute atomic E-state index is 13.3. The summed E-state index contributed by atoms with van der Waals surface area (Å²) in [5.74, 6) is 1.68. The Labute approximate surface area is 170 Å². The third-order valence-electron chi connectivity index (χ3n) is 7.66. The van der Waals surface area contributed by atoms with E-state index in [0.29, 0.717) is 25.6 Å². The number of carbonyl (C=O) groups is 2. The maximum Gasteiger partial charge on any atom is 0.312 e. The van der Waals surface area contributed by atoms with Gasteiger partial charge in [0.2, 0.25) is 6.79 Å². The van der Waals surface area contributed by atoms with Gasteiger partial charge in [-0.05, 0) is 62.4 Å². The summed E-state index contributed by atoms with van der Waals surface area (Å²) in [6.07, 6.45) is 4.25. The highest BCUT2D eigenvalue weighted by Crippen LogP contribution is 2.48. The first-order valence-corrected chi connectivity index (χ1v) is 10.9. The van der Waals surface area contributed by atoms with E-state index in [1.807, 2.05) is 11.0 Å². The van der Waals surface area contributed by atoms with Gasteiger partial charge in [0, 0.05) is 31.6 Å². The molecule has 1 aromatic carbocycles. The van der Waals surface area contributed by atoms with E-state index in [9.17, 15) is 9.59 Å². The minimum Gasteiger partial charge on any atom is -0.454 e. The van der Waals surface area contributed by atoms with Gasteiger partial charge in [0.25, 0.3) is 0 Å². The molecule has 2 amide bonds. The number of likely N-dealkylation sites (tertiary alicyclic amines) is 2. The van der Waals surface area contributed by atoms with Crippen LogP contribution in [-0.2, 0) is 9.59 Å². The predicted octanol–water partition coefficient (Wildman–Crippen LogP) is 1.43. The van der Waals surface area contributed by atoms with Crippen molar-refractivity contribution >= 4 is 11.8 Å². The number of fused-ring (bicyclic) bond motifs is 3. The molecule has 6 aliphatic rings. The molecule has 0 aromatic heterocycles. The lowest BCUT2D eigenvalue weighted by molar-refractivity contribution is -0.153. The van der Waals surface area contributed by atoms with Crippen molar-refractivity contribution in [3.63, 3.8) is 0 Å². The van der Waals surface area contributed by atoms with Crippen LogP contribution in [0.1, 0.15) is 37.2 Å². The second kappa shape index (κ2) is 6.62. The summed E-state index contributed by atoms with van der Waals surface area (Å²) < 4.78 is 11.1. The molecule has 5 saturated heterocycles. The van der Waals surface area contributed by atoms with Gasteiger partial charge in [0.1, 0.15) is 0 Å². The fourth-order valence-electron chi connectivity index (χ4n) is 6.27. The van der Waals surface area contributed by atoms with E-state index in [-0.39, 0.29) is 36.6 Å². The molecule has 1 aromatic rings. The van der Waals surface area contributed by atoms with Gasteiger partial charge in [-0.2, -0.15) is 0 Å².